The number of nitrogens with zero attached hydrogens (tertiary/aromatic N) is 1. The summed E-state index contributed by atoms with van der Waals surface area (Å²) in [4.78, 5) is 24.3. The van der Waals surface area contributed by atoms with Crippen molar-refractivity contribution in [2.45, 2.75) is 26.3 Å². The van der Waals surface area contributed by atoms with E-state index in [4.69, 9.17) is 11.5 Å². The van der Waals surface area contributed by atoms with E-state index in [1.807, 2.05) is 13.8 Å². The standard InChI is InChI=1S/C12H18N2O3/c1-4-9(5-2)13-12(17)14-6-8(3)10(7-14)11(15)16/h1,8-10H,5-7H2,2-3H3,(H,13,17)(H,15,16). The Kier molecular flexibility index (Phi) is 4.38. The van der Waals surface area contributed by atoms with Crippen molar-refractivity contribution in [2.75, 3.05) is 13.1 Å². The van der Waals surface area contributed by atoms with Gasteiger partial charge in [-0.15, -0.1) is 6.42 Å². The number of urea groups is 1. The monoisotopic (exact) mass is 238 g/mol. The van der Waals surface area contributed by atoms with Crippen molar-refractivity contribution in [3.05, 3.63) is 0 Å². The Morgan fingerprint density at radius 1 is 1.59 bits per heavy atom. The molecule has 1 heterocycles. The van der Waals surface area contributed by atoms with E-state index < -0.39 is 11.9 Å². The lowest BCUT2D eigenvalue weighted by molar-refractivity contribution is -0.142. The molecular formula is C12H18N2O3. The third-order valence-corrected chi connectivity index (χ3v) is 3.12. The second-order valence-electron chi connectivity index (χ2n) is 4.40. The van der Waals surface area contributed by atoms with Crippen molar-refractivity contribution in [3.63, 3.8) is 0 Å². The van der Waals surface area contributed by atoms with Crippen molar-refractivity contribution in [1.82, 2.24) is 10.2 Å². The minimum Gasteiger partial charge on any atom is -0.481 e. The van der Waals surface area contributed by atoms with E-state index in [2.05, 4.69) is 11.2 Å². The number of rotatable bonds is 3. The number of carboxylic acid groups (broad SMARTS) is 1. The Balaban J connectivity index is 2.56. The molecule has 5 nitrogen and oxygen atoms in total. The molecule has 3 atom stereocenters. The Labute approximate surface area is 101 Å². The maximum Gasteiger partial charge on any atom is 0.318 e. The largest absolute Gasteiger partial charge is 0.481 e. The molecule has 5 heteroatoms. The molecule has 1 aliphatic heterocycles. The van der Waals surface area contributed by atoms with Gasteiger partial charge in [-0.2, -0.15) is 0 Å². The summed E-state index contributed by atoms with van der Waals surface area (Å²) in [6.45, 7) is 4.44. The molecule has 1 fully saturated rings. The van der Waals surface area contributed by atoms with Gasteiger partial charge in [0.15, 0.2) is 0 Å². The minimum atomic E-state index is -0.850. The normalized spacial score (nSPS) is 25.1. The molecule has 94 valence electrons. The molecule has 0 saturated carbocycles. The molecule has 2 amide bonds. The van der Waals surface area contributed by atoms with Crippen LogP contribution in [0.4, 0.5) is 4.79 Å². The lowest BCUT2D eigenvalue weighted by Crippen LogP contribution is -2.43. The molecule has 0 radical (unpaired) electrons. The zero-order valence-corrected chi connectivity index (χ0v) is 10.1. The van der Waals surface area contributed by atoms with Crippen molar-refractivity contribution < 1.29 is 14.7 Å². The van der Waals surface area contributed by atoms with Crippen LogP contribution in [0.15, 0.2) is 0 Å². The highest BCUT2D eigenvalue weighted by Gasteiger charge is 2.37. The number of hydrogen-bond acceptors (Lipinski definition) is 2. The molecule has 0 aromatic heterocycles. The summed E-state index contributed by atoms with van der Waals surface area (Å²) in [7, 11) is 0. The van der Waals surface area contributed by atoms with Crippen molar-refractivity contribution in [3.8, 4) is 12.3 Å². The maximum atomic E-state index is 11.8. The van der Waals surface area contributed by atoms with Crippen LogP contribution in [0.5, 0.6) is 0 Å². The number of hydrogen-bond donors (Lipinski definition) is 2. The molecule has 0 aliphatic carbocycles. The molecule has 17 heavy (non-hydrogen) atoms. The number of amides is 2. The predicted octanol–water partition coefficient (Wildman–Crippen LogP) is 0.760. The topological polar surface area (TPSA) is 69.6 Å². The van der Waals surface area contributed by atoms with Crippen LogP contribution in [0, 0.1) is 24.2 Å². The maximum absolute atomic E-state index is 11.8. The second-order valence-corrected chi connectivity index (χ2v) is 4.40. The van der Waals surface area contributed by atoms with Crippen LogP contribution in [0.2, 0.25) is 0 Å². The SMILES string of the molecule is C#CC(CC)NC(=O)N1CC(C)C(C(=O)O)C1. The van der Waals surface area contributed by atoms with Gasteiger partial charge < -0.3 is 15.3 Å². The molecule has 1 rings (SSSR count). The average molecular weight is 238 g/mol. The summed E-state index contributed by atoms with van der Waals surface area (Å²) < 4.78 is 0. The smallest absolute Gasteiger partial charge is 0.318 e. The van der Waals surface area contributed by atoms with Gasteiger partial charge in [0.2, 0.25) is 0 Å². The molecule has 0 bridgehead atoms. The fourth-order valence-corrected chi connectivity index (χ4v) is 1.96. The molecule has 0 spiro atoms. The van der Waals surface area contributed by atoms with Gasteiger partial charge in [-0.1, -0.05) is 19.8 Å². The Bertz CT molecular complexity index is 348. The van der Waals surface area contributed by atoms with Crippen LogP contribution in [-0.2, 0) is 4.79 Å². The van der Waals surface area contributed by atoms with Gasteiger partial charge in [-0.25, -0.2) is 4.79 Å². The first-order valence-corrected chi connectivity index (χ1v) is 5.74. The number of nitrogens with one attached hydrogen (secondary N) is 1. The van der Waals surface area contributed by atoms with E-state index >= 15 is 0 Å². The van der Waals surface area contributed by atoms with E-state index in [0.717, 1.165) is 0 Å². The Morgan fingerprint density at radius 2 is 2.24 bits per heavy atom. The van der Waals surface area contributed by atoms with Crippen LogP contribution in [0.1, 0.15) is 20.3 Å². The first-order chi connectivity index (χ1) is 7.99. The molecule has 0 aromatic carbocycles. The van der Waals surface area contributed by atoms with E-state index in [9.17, 15) is 9.59 Å². The number of terminal acetylenes is 1. The van der Waals surface area contributed by atoms with E-state index in [1.165, 1.54) is 4.90 Å². The predicted molar refractivity (Wildman–Crippen MR) is 63.3 cm³/mol. The van der Waals surface area contributed by atoms with Crippen LogP contribution >= 0.6 is 0 Å². The third kappa shape index (κ3) is 3.13. The van der Waals surface area contributed by atoms with Gasteiger partial charge in [0.1, 0.15) is 0 Å². The highest BCUT2D eigenvalue weighted by atomic mass is 16.4. The number of likely N-dealkylation sites (tertiary alicyclic amines) is 1. The van der Waals surface area contributed by atoms with Gasteiger partial charge in [0.25, 0.3) is 0 Å². The highest BCUT2D eigenvalue weighted by molar-refractivity contribution is 5.78. The Morgan fingerprint density at radius 3 is 2.65 bits per heavy atom. The fourth-order valence-electron chi connectivity index (χ4n) is 1.96. The van der Waals surface area contributed by atoms with Gasteiger partial charge in [0, 0.05) is 13.1 Å². The van der Waals surface area contributed by atoms with Gasteiger partial charge in [0.05, 0.1) is 12.0 Å². The van der Waals surface area contributed by atoms with Crippen molar-refractivity contribution in [2.24, 2.45) is 11.8 Å². The second kappa shape index (κ2) is 5.58. The van der Waals surface area contributed by atoms with Crippen LogP contribution in [-0.4, -0.2) is 41.1 Å². The molecule has 3 unspecified atom stereocenters. The third-order valence-electron chi connectivity index (χ3n) is 3.12. The number of carbonyl (C=O) groups is 2. The average Bonchev–Trinajstić information content (AvgIpc) is 2.68. The van der Waals surface area contributed by atoms with Crippen LogP contribution < -0.4 is 5.32 Å². The first-order valence-electron chi connectivity index (χ1n) is 5.74. The summed E-state index contributed by atoms with van der Waals surface area (Å²) in [6, 6.07) is -0.563. The molecule has 2 N–H and O–H groups in total. The van der Waals surface area contributed by atoms with Crippen molar-refractivity contribution >= 4 is 12.0 Å². The zero-order chi connectivity index (χ0) is 13.0. The highest BCUT2D eigenvalue weighted by Crippen LogP contribution is 2.23. The zero-order valence-electron chi connectivity index (χ0n) is 10.1. The van der Waals surface area contributed by atoms with Crippen molar-refractivity contribution in [1.29, 1.82) is 0 Å². The molecule has 1 saturated heterocycles. The molecule has 1 aliphatic rings. The van der Waals surface area contributed by atoms with Gasteiger partial charge in [-0.05, 0) is 12.3 Å². The van der Waals surface area contributed by atoms with E-state index in [0.29, 0.717) is 13.0 Å². The quantitative estimate of drug-likeness (QED) is 0.713. The van der Waals surface area contributed by atoms with E-state index in [1.54, 1.807) is 0 Å². The Hall–Kier alpha value is -1.70. The van der Waals surface area contributed by atoms with Gasteiger partial charge >= 0.3 is 12.0 Å². The minimum absolute atomic E-state index is 0.0239. The van der Waals surface area contributed by atoms with Crippen LogP contribution in [0.3, 0.4) is 0 Å². The number of aliphatic carboxylic acids is 1. The van der Waals surface area contributed by atoms with E-state index in [-0.39, 0.29) is 24.5 Å². The lowest BCUT2D eigenvalue weighted by Gasteiger charge is -2.19. The fraction of sp³-hybridized carbons (Fsp3) is 0.667. The number of carbonyl (C=O) groups excluding carboxylic acids is 1. The summed E-state index contributed by atoms with van der Waals surface area (Å²) in [5.41, 5.74) is 0. The lowest BCUT2D eigenvalue weighted by atomic mass is 9.99. The molecule has 0 aromatic rings. The summed E-state index contributed by atoms with van der Waals surface area (Å²) in [5, 5.41) is 11.7. The van der Waals surface area contributed by atoms with Crippen LogP contribution in [0.25, 0.3) is 0 Å². The first kappa shape index (κ1) is 13.4. The van der Waals surface area contributed by atoms with Gasteiger partial charge in [-0.3, -0.25) is 4.79 Å². The summed E-state index contributed by atoms with van der Waals surface area (Å²) >= 11 is 0. The summed E-state index contributed by atoms with van der Waals surface area (Å²) in [6.07, 6.45) is 5.92. The number of carboxylic acids is 1. The summed E-state index contributed by atoms with van der Waals surface area (Å²) in [5.74, 6) is 1.12. The molecular weight excluding hydrogens is 220 g/mol.